The predicted octanol–water partition coefficient (Wildman–Crippen LogP) is 3.25. The van der Waals surface area contributed by atoms with E-state index in [1.165, 1.54) is 11.8 Å². The lowest BCUT2D eigenvalue weighted by atomic mass is 10.1. The number of thiophene rings is 1. The maximum Gasteiger partial charge on any atom is 0.313 e. The van der Waals surface area contributed by atoms with Crippen molar-refractivity contribution in [1.29, 1.82) is 0 Å². The van der Waals surface area contributed by atoms with Gasteiger partial charge in [0.15, 0.2) is 11.0 Å². The number of hydrogen-bond donors (Lipinski definition) is 1. The van der Waals surface area contributed by atoms with E-state index in [0.29, 0.717) is 5.16 Å². The van der Waals surface area contributed by atoms with Gasteiger partial charge in [-0.2, -0.15) is 11.3 Å². The number of rotatable bonds is 4. The maximum atomic E-state index is 10.7. The highest BCUT2D eigenvalue weighted by Gasteiger charge is 2.25. The van der Waals surface area contributed by atoms with Crippen LogP contribution in [0.4, 0.5) is 0 Å². The van der Waals surface area contributed by atoms with Crippen molar-refractivity contribution in [2.75, 3.05) is 5.75 Å². The number of carboxylic acids is 1. The molecule has 0 spiro atoms. The second-order valence-electron chi connectivity index (χ2n) is 5.46. The average molecular weight is 311 g/mol. The van der Waals surface area contributed by atoms with Crippen LogP contribution in [0.5, 0.6) is 0 Å². The second-order valence-corrected chi connectivity index (χ2v) is 7.15. The minimum absolute atomic E-state index is 0.0170. The van der Waals surface area contributed by atoms with Crippen molar-refractivity contribution in [1.82, 2.24) is 14.8 Å². The summed E-state index contributed by atoms with van der Waals surface area (Å²) in [5.41, 5.74) is 2.00. The third kappa shape index (κ3) is 3.04. The Labute approximate surface area is 126 Å². The summed E-state index contributed by atoms with van der Waals surface area (Å²) in [6, 6.07) is 0. The number of thioether (sulfide) groups is 1. The van der Waals surface area contributed by atoms with E-state index in [9.17, 15) is 4.79 Å². The van der Waals surface area contributed by atoms with E-state index in [1.54, 1.807) is 11.3 Å². The molecule has 2 heterocycles. The molecule has 0 aliphatic heterocycles. The van der Waals surface area contributed by atoms with Gasteiger partial charge in [0.2, 0.25) is 0 Å². The highest BCUT2D eigenvalue weighted by Crippen LogP contribution is 2.33. The molecular formula is C13H17N3O2S2. The summed E-state index contributed by atoms with van der Waals surface area (Å²) in [5.74, 6) is -0.0764. The van der Waals surface area contributed by atoms with Crippen molar-refractivity contribution >= 4 is 29.1 Å². The topological polar surface area (TPSA) is 68.0 Å². The number of hydrogen-bond acceptors (Lipinski definition) is 5. The van der Waals surface area contributed by atoms with Gasteiger partial charge in [-0.25, -0.2) is 0 Å². The number of aryl methyl sites for hydroxylation is 1. The van der Waals surface area contributed by atoms with E-state index < -0.39 is 5.97 Å². The van der Waals surface area contributed by atoms with Crippen molar-refractivity contribution < 1.29 is 9.90 Å². The molecule has 0 saturated carbocycles. The fourth-order valence-electron chi connectivity index (χ4n) is 1.86. The Kier molecular flexibility index (Phi) is 4.19. The zero-order valence-corrected chi connectivity index (χ0v) is 13.5. The standard InChI is InChI=1S/C13H17N3O2S2/c1-8-5-19-6-9(8)11-14-15-12(20-7-10(17)18)16(11)13(2,3)4/h5-6H,7H2,1-4H3,(H,17,18). The third-order valence-electron chi connectivity index (χ3n) is 2.73. The molecule has 0 radical (unpaired) electrons. The Morgan fingerprint density at radius 2 is 2.10 bits per heavy atom. The zero-order chi connectivity index (χ0) is 14.9. The summed E-state index contributed by atoms with van der Waals surface area (Å²) < 4.78 is 2.01. The lowest BCUT2D eigenvalue weighted by molar-refractivity contribution is -0.133. The van der Waals surface area contributed by atoms with Crippen molar-refractivity contribution in [2.24, 2.45) is 0 Å². The number of aliphatic carboxylic acids is 1. The number of carbonyl (C=O) groups is 1. The zero-order valence-electron chi connectivity index (χ0n) is 11.9. The molecule has 108 valence electrons. The molecule has 1 N–H and O–H groups in total. The van der Waals surface area contributed by atoms with Crippen LogP contribution >= 0.6 is 23.1 Å². The largest absolute Gasteiger partial charge is 0.481 e. The van der Waals surface area contributed by atoms with Gasteiger partial charge >= 0.3 is 5.97 Å². The summed E-state index contributed by atoms with van der Waals surface area (Å²) in [6.07, 6.45) is 0. The second kappa shape index (κ2) is 5.57. The molecule has 0 aromatic carbocycles. The molecule has 5 nitrogen and oxygen atoms in total. The molecule has 2 aromatic heterocycles. The van der Waals surface area contributed by atoms with Gasteiger partial charge in [0, 0.05) is 16.5 Å². The Hall–Kier alpha value is -1.34. The smallest absolute Gasteiger partial charge is 0.313 e. The first-order valence-corrected chi connectivity index (χ1v) is 8.07. The van der Waals surface area contributed by atoms with Gasteiger partial charge in [0.25, 0.3) is 0 Å². The van der Waals surface area contributed by atoms with Crippen LogP contribution in [0.3, 0.4) is 0 Å². The minimum atomic E-state index is -0.855. The number of nitrogens with zero attached hydrogens (tertiary/aromatic N) is 3. The van der Waals surface area contributed by atoms with Gasteiger partial charge in [-0.1, -0.05) is 11.8 Å². The Morgan fingerprint density at radius 3 is 2.60 bits per heavy atom. The molecule has 0 amide bonds. The Balaban J connectivity index is 2.49. The maximum absolute atomic E-state index is 10.7. The van der Waals surface area contributed by atoms with Gasteiger partial charge < -0.3 is 5.11 Å². The van der Waals surface area contributed by atoms with E-state index in [0.717, 1.165) is 17.0 Å². The molecule has 0 aliphatic rings. The van der Waals surface area contributed by atoms with Crippen LogP contribution in [0.15, 0.2) is 15.9 Å². The third-order valence-corrected chi connectivity index (χ3v) is 4.50. The first-order valence-electron chi connectivity index (χ1n) is 6.14. The first-order chi connectivity index (χ1) is 9.30. The summed E-state index contributed by atoms with van der Waals surface area (Å²) in [4.78, 5) is 10.7. The monoisotopic (exact) mass is 311 g/mol. The van der Waals surface area contributed by atoms with Crippen molar-refractivity contribution in [3.05, 3.63) is 16.3 Å². The lowest BCUT2D eigenvalue weighted by Crippen LogP contribution is -2.24. The van der Waals surface area contributed by atoms with Crippen LogP contribution in [0.2, 0.25) is 0 Å². The molecule has 0 fully saturated rings. The summed E-state index contributed by atoms with van der Waals surface area (Å²) in [6.45, 7) is 8.22. The SMILES string of the molecule is Cc1cscc1-c1nnc(SCC(=O)O)n1C(C)(C)C. The first kappa shape index (κ1) is 15.1. The van der Waals surface area contributed by atoms with Gasteiger partial charge in [0.1, 0.15) is 0 Å². The van der Waals surface area contributed by atoms with Gasteiger partial charge in [0.05, 0.1) is 5.75 Å². The molecular weight excluding hydrogens is 294 g/mol. The highest BCUT2D eigenvalue weighted by molar-refractivity contribution is 7.99. The molecule has 7 heteroatoms. The number of aromatic nitrogens is 3. The quantitative estimate of drug-likeness (QED) is 0.878. The molecule has 0 saturated heterocycles. The van der Waals surface area contributed by atoms with E-state index in [2.05, 4.69) is 36.3 Å². The summed E-state index contributed by atoms with van der Waals surface area (Å²) >= 11 is 2.83. The summed E-state index contributed by atoms with van der Waals surface area (Å²) in [5, 5.41) is 22.0. The fourth-order valence-corrected chi connectivity index (χ4v) is 3.53. The van der Waals surface area contributed by atoms with E-state index in [1.807, 2.05) is 16.9 Å². The normalized spacial score (nSPS) is 11.8. The predicted molar refractivity (Wildman–Crippen MR) is 81.4 cm³/mol. The lowest BCUT2D eigenvalue weighted by Gasteiger charge is -2.24. The molecule has 0 unspecified atom stereocenters. The molecule has 0 atom stereocenters. The van der Waals surface area contributed by atoms with Crippen LogP contribution in [0, 0.1) is 6.92 Å². The van der Waals surface area contributed by atoms with Crippen molar-refractivity contribution in [3.63, 3.8) is 0 Å². The van der Waals surface area contributed by atoms with Gasteiger partial charge in [-0.15, -0.1) is 10.2 Å². The minimum Gasteiger partial charge on any atom is -0.481 e. The van der Waals surface area contributed by atoms with E-state index in [-0.39, 0.29) is 11.3 Å². The molecule has 2 aromatic rings. The van der Waals surface area contributed by atoms with E-state index in [4.69, 9.17) is 5.11 Å². The van der Waals surface area contributed by atoms with Crippen LogP contribution in [0.25, 0.3) is 11.4 Å². The van der Waals surface area contributed by atoms with Gasteiger partial charge in [-0.05, 0) is 38.6 Å². The van der Waals surface area contributed by atoms with Crippen LogP contribution < -0.4 is 0 Å². The van der Waals surface area contributed by atoms with Crippen LogP contribution in [0.1, 0.15) is 26.3 Å². The molecule has 0 bridgehead atoms. The fraction of sp³-hybridized carbons (Fsp3) is 0.462. The average Bonchev–Trinajstić information content (AvgIpc) is 2.90. The summed E-state index contributed by atoms with van der Waals surface area (Å²) in [7, 11) is 0. The Bertz CT molecular complexity index is 626. The van der Waals surface area contributed by atoms with Crippen molar-refractivity contribution in [2.45, 2.75) is 38.4 Å². The van der Waals surface area contributed by atoms with Crippen molar-refractivity contribution in [3.8, 4) is 11.4 Å². The van der Waals surface area contributed by atoms with Gasteiger partial charge in [-0.3, -0.25) is 9.36 Å². The molecule has 0 aliphatic carbocycles. The molecule has 2 rings (SSSR count). The van der Waals surface area contributed by atoms with Crippen LogP contribution in [-0.4, -0.2) is 31.6 Å². The Morgan fingerprint density at radius 1 is 1.40 bits per heavy atom. The van der Waals surface area contributed by atoms with Crippen LogP contribution in [-0.2, 0) is 10.3 Å². The molecule has 20 heavy (non-hydrogen) atoms. The van der Waals surface area contributed by atoms with E-state index >= 15 is 0 Å². The highest BCUT2D eigenvalue weighted by atomic mass is 32.2. The number of carboxylic acid groups (broad SMARTS) is 1.